The second-order valence-corrected chi connectivity index (χ2v) is 6.41. The first-order valence-corrected chi connectivity index (χ1v) is 7.93. The summed E-state index contributed by atoms with van der Waals surface area (Å²) in [5.74, 6) is -0.132. The van der Waals surface area contributed by atoms with Crippen molar-refractivity contribution in [3.05, 3.63) is 63.2 Å². The fourth-order valence-electron chi connectivity index (χ4n) is 1.61. The zero-order valence-corrected chi connectivity index (χ0v) is 13.0. The van der Waals surface area contributed by atoms with Gasteiger partial charge in [-0.25, -0.2) is 4.83 Å². The molecule has 0 fully saturated rings. The highest BCUT2D eigenvalue weighted by molar-refractivity contribution is 7.89. The smallest absolute Gasteiger partial charge is 0.276 e. The molecule has 10 heteroatoms. The molecule has 0 aliphatic heterocycles. The van der Waals surface area contributed by atoms with Crippen molar-refractivity contribution >= 4 is 33.5 Å². The van der Waals surface area contributed by atoms with Crippen LogP contribution in [0, 0.1) is 10.1 Å². The predicted molar refractivity (Wildman–Crippen MR) is 84.1 cm³/mol. The molecule has 0 atom stereocenters. The summed E-state index contributed by atoms with van der Waals surface area (Å²) in [4.78, 5) is 11.6. The van der Waals surface area contributed by atoms with Gasteiger partial charge < -0.3 is 5.11 Å². The third kappa shape index (κ3) is 4.18. The Morgan fingerprint density at radius 1 is 1.26 bits per heavy atom. The van der Waals surface area contributed by atoms with E-state index in [1.807, 2.05) is 4.83 Å². The minimum Gasteiger partial charge on any atom is -0.507 e. The first kappa shape index (κ1) is 16.7. The third-order valence-corrected chi connectivity index (χ3v) is 4.16. The zero-order chi connectivity index (χ0) is 17.0. The monoisotopic (exact) mass is 355 g/mol. The Morgan fingerprint density at radius 2 is 2.00 bits per heavy atom. The van der Waals surface area contributed by atoms with Gasteiger partial charge in [-0.2, -0.15) is 13.5 Å². The standard InChI is InChI=1S/C13H10ClN3O5S/c14-10-4-5-13(18)9(6-10)8-15-16-23(21,22)12-3-1-2-11(7-12)17(19)20/h1-8,16,18H. The van der Waals surface area contributed by atoms with E-state index < -0.39 is 14.9 Å². The molecule has 0 radical (unpaired) electrons. The summed E-state index contributed by atoms with van der Waals surface area (Å²) in [5, 5.41) is 24.1. The summed E-state index contributed by atoms with van der Waals surface area (Å²) in [7, 11) is -4.08. The average Bonchev–Trinajstić information content (AvgIpc) is 2.50. The number of sulfonamides is 1. The second kappa shape index (κ2) is 6.63. The first-order chi connectivity index (χ1) is 10.8. The van der Waals surface area contributed by atoms with Crippen LogP contribution in [-0.2, 0) is 10.0 Å². The van der Waals surface area contributed by atoms with Crippen molar-refractivity contribution in [2.45, 2.75) is 4.90 Å². The van der Waals surface area contributed by atoms with Crippen molar-refractivity contribution in [3.8, 4) is 5.75 Å². The number of nitrogens with one attached hydrogen (secondary N) is 1. The summed E-state index contributed by atoms with van der Waals surface area (Å²) >= 11 is 5.75. The SMILES string of the molecule is O=[N+]([O-])c1cccc(S(=O)(=O)NN=Cc2cc(Cl)ccc2O)c1. The van der Waals surface area contributed by atoms with Crippen LogP contribution in [0.2, 0.25) is 5.02 Å². The van der Waals surface area contributed by atoms with E-state index in [2.05, 4.69) is 5.10 Å². The maximum atomic E-state index is 12.0. The van der Waals surface area contributed by atoms with Crippen LogP contribution in [0.3, 0.4) is 0 Å². The molecule has 0 heterocycles. The molecule has 2 aromatic carbocycles. The topological polar surface area (TPSA) is 122 Å². The Labute approximate surface area is 136 Å². The summed E-state index contributed by atoms with van der Waals surface area (Å²) in [5.41, 5.74) is -0.149. The first-order valence-electron chi connectivity index (χ1n) is 6.07. The van der Waals surface area contributed by atoms with Crippen molar-refractivity contribution in [2.24, 2.45) is 5.10 Å². The van der Waals surface area contributed by atoms with E-state index in [0.29, 0.717) is 5.02 Å². The van der Waals surface area contributed by atoms with Gasteiger partial charge in [0.05, 0.1) is 16.0 Å². The van der Waals surface area contributed by atoms with Gasteiger partial charge in [-0.3, -0.25) is 10.1 Å². The Balaban J connectivity index is 2.22. The average molecular weight is 356 g/mol. The Morgan fingerprint density at radius 3 is 2.70 bits per heavy atom. The van der Waals surface area contributed by atoms with E-state index in [4.69, 9.17) is 11.6 Å². The van der Waals surface area contributed by atoms with Crippen LogP contribution < -0.4 is 4.83 Å². The molecule has 0 aliphatic rings. The minimum atomic E-state index is -4.08. The fraction of sp³-hybridized carbons (Fsp3) is 0. The molecule has 0 saturated carbocycles. The molecule has 0 unspecified atom stereocenters. The molecule has 2 aromatic rings. The van der Waals surface area contributed by atoms with Crippen molar-refractivity contribution in [3.63, 3.8) is 0 Å². The number of non-ortho nitro benzene ring substituents is 1. The van der Waals surface area contributed by atoms with Crippen LogP contribution in [0.1, 0.15) is 5.56 Å². The molecule has 120 valence electrons. The lowest BCUT2D eigenvalue weighted by Gasteiger charge is -2.03. The van der Waals surface area contributed by atoms with Gasteiger partial charge in [0.25, 0.3) is 15.7 Å². The van der Waals surface area contributed by atoms with Gasteiger partial charge in [0.2, 0.25) is 0 Å². The van der Waals surface area contributed by atoms with E-state index in [0.717, 1.165) is 12.3 Å². The highest BCUT2D eigenvalue weighted by atomic mass is 35.5. The van der Waals surface area contributed by atoms with E-state index in [1.165, 1.54) is 36.4 Å². The molecule has 0 aliphatic carbocycles. The molecule has 0 amide bonds. The van der Waals surface area contributed by atoms with Crippen molar-refractivity contribution in [1.82, 2.24) is 4.83 Å². The maximum absolute atomic E-state index is 12.0. The number of benzene rings is 2. The Kier molecular flexibility index (Phi) is 4.82. The van der Waals surface area contributed by atoms with Gasteiger partial charge in [0.15, 0.2) is 0 Å². The fourth-order valence-corrected chi connectivity index (χ4v) is 2.62. The molecule has 2 N–H and O–H groups in total. The number of nitro groups is 1. The van der Waals surface area contributed by atoms with Gasteiger partial charge in [-0.15, -0.1) is 0 Å². The number of halogens is 1. The summed E-state index contributed by atoms with van der Waals surface area (Å²) in [6, 6.07) is 8.71. The molecule has 0 spiro atoms. The molecule has 0 bridgehead atoms. The number of aromatic hydroxyl groups is 1. The number of hydrogen-bond donors (Lipinski definition) is 2. The van der Waals surface area contributed by atoms with Crippen LogP contribution >= 0.6 is 11.6 Å². The van der Waals surface area contributed by atoms with Crippen LogP contribution in [-0.4, -0.2) is 24.7 Å². The van der Waals surface area contributed by atoms with Gasteiger partial charge in [0.1, 0.15) is 5.75 Å². The largest absolute Gasteiger partial charge is 0.507 e. The van der Waals surface area contributed by atoms with Gasteiger partial charge in [0, 0.05) is 22.7 Å². The number of phenolic OH excluding ortho intramolecular Hbond substituents is 1. The van der Waals surface area contributed by atoms with Gasteiger partial charge in [-0.05, 0) is 24.3 Å². The highest BCUT2D eigenvalue weighted by Gasteiger charge is 2.16. The number of nitro benzene ring substituents is 1. The number of phenols is 1. The molecule has 23 heavy (non-hydrogen) atoms. The molecular weight excluding hydrogens is 346 g/mol. The number of nitrogens with zero attached hydrogens (tertiary/aromatic N) is 2. The Hall–Kier alpha value is -2.65. The second-order valence-electron chi connectivity index (χ2n) is 4.31. The number of hydrogen-bond acceptors (Lipinski definition) is 6. The van der Waals surface area contributed by atoms with E-state index in [-0.39, 0.29) is 21.9 Å². The van der Waals surface area contributed by atoms with E-state index in [1.54, 1.807) is 0 Å². The van der Waals surface area contributed by atoms with Gasteiger partial charge >= 0.3 is 0 Å². The molecule has 8 nitrogen and oxygen atoms in total. The van der Waals surface area contributed by atoms with Gasteiger partial charge in [-0.1, -0.05) is 17.7 Å². The summed E-state index contributed by atoms with van der Waals surface area (Å²) in [6.07, 6.45) is 1.07. The van der Waals surface area contributed by atoms with E-state index in [9.17, 15) is 23.6 Å². The van der Waals surface area contributed by atoms with Crippen LogP contribution in [0.4, 0.5) is 5.69 Å². The van der Waals surface area contributed by atoms with Crippen molar-refractivity contribution < 1.29 is 18.4 Å². The van der Waals surface area contributed by atoms with Crippen molar-refractivity contribution in [2.75, 3.05) is 0 Å². The third-order valence-electron chi connectivity index (χ3n) is 2.70. The molecule has 0 saturated heterocycles. The highest BCUT2D eigenvalue weighted by Crippen LogP contribution is 2.20. The predicted octanol–water partition coefficient (Wildman–Crippen LogP) is 2.27. The number of rotatable bonds is 5. The lowest BCUT2D eigenvalue weighted by molar-refractivity contribution is -0.385. The van der Waals surface area contributed by atoms with Crippen molar-refractivity contribution in [1.29, 1.82) is 0 Å². The lowest BCUT2D eigenvalue weighted by Crippen LogP contribution is -2.18. The molecule has 2 rings (SSSR count). The zero-order valence-electron chi connectivity index (χ0n) is 11.4. The lowest BCUT2D eigenvalue weighted by atomic mass is 10.2. The quantitative estimate of drug-likeness (QED) is 0.484. The minimum absolute atomic E-state index is 0.132. The number of hydrazone groups is 1. The maximum Gasteiger partial charge on any atom is 0.276 e. The van der Waals surface area contributed by atoms with E-state index >= 15 is 0 Å². The molecule has 0 aromatic heterocycles. The molecular formula is C13H10ClN3O5S. The van der Waals surface area contributed by atoms with Crippen LogP contribution in [0.5, 0.6) is 5.75 Å². The van der Waals surface area contributed by atoms with Crippen LogP contribution in [0.15, 0.2) is 52.5 Å². The Bertz CT molecular complexity index is 883. The summed E-state index contributed by atoms with van der Waals surface area (Å²) in [6.45, 7) is 0. The van der Waals surface area contributed by atoms with Crippen LogP contribution in [0.25, 0.3) is 0 Å². The summed E-state index contributed by atoms with van der Waals surface area (Å²) < 4.78 is 24.0. The normalized spacial score (nSPS) is 11.5.